The van der Waals surface area contributed by atoms with Crippen molar-refractivity contribution in [2.45, 2.75) is 26.7 Å². The van der Waals surface area contributed by atoms with Crippen molar-refractivity contribution in [1.82, 2.24) is 19.5 Å². The molecule has 4 aromatic carbocycles. The lowest BCUT2D eigenvalue weighted by Gasteiger charge is -2.22. The van der Waals surface area contributed by atoms with Crippen LogP contribution in [0.25, 0.3) is 71.7 Å². The average Bonchev–Trinajstić information content (AvgIpc) is 3.54. The molecule has 5 heteroatoms. The summed E-state index contributed by atoms with van der Waals surface area (Å²) in [6.45, 7) is 6.56. The van der Waals surface area contributed by atoms with E-state index in [1.165, 1.54) is 27.1 Å². The van der Waals surface area contributed by atoms with Gasteiger partial charge in [-0.1, -0.05) is 74.5 Å². The van der Waals surface area contributed by atoms with Gasteiger partial charge in [0.2, 0.25) is 5.71 Å². The number of hydrogen-bond acceptors (Lipinski definition) is 4. The van der Waals surface area contributed by atoms with E-state index >= 15 is 0 Å². The number of aromatic nitrogens is 4. The number of benzene rings is 4. The van der Waals surface area contributed by atoms with Crippen LogP contribution in [-0.2, 0) is 0 Å². The van der Waals surface area contributed by atoms with Crippen LogP contribution in [0.2, 0.25) is 0 Å². The van der Waals surface area contributed by atoms with Crippen LogP contribution >= 0.6 is 0 Å². The number of pyridine rings is 2. The van der Waals surface area contributed by atoms with Crippen molar-refractivity contribution in [2.24, 2.45) is 0 Å². The van der Waals surface area contributed by atoms with Gasteiger partial charge in [0.05, 0.1) is 22.9 Å². The van der Waals surface area contributed by atoms with Gasteiger partial charge < -0.3 is 4.42 Å². The summed E-state index contributed by atoms with van der Waals surface area (Å²) in [5, 5.41) is 6.93. The molecule has 8 rings (SSSR count). The molecule has 0 aliphatic heterocycles. The summed E-state index contributed by atoms with van der Waals surface area (Å²) in [4.78, 5) is 14.5. The Morgan fingerprint density at radius 2 is 1.48 bits per heavy atom. The van der Waals surface area contributed by atoms with Crippen LogP contribution in [0.4, 0.5) is 0 Å². The highest BCUT2D eigenvalue weighted by Gasteiger charge is 2.25. The van der Waals surface area contributed by atoms with Crippen molar-refractivity contribution in [2.75, 3.05) is 0 Å². The standard InChI is InChI=1S/C35H26N4O/c1-20(2)31-24-12-6-4-10-22(24)23-11-5-7-13-25(23)33(31)39-29-19-37-21(3)18-28(29)38-34(39)26-14-8-16-30-32(26)27-15-9-17-36-35(27)40-30/h4-20H,1-3H3. The van der Waals surface area contributed by atoms with E-state index in [0.29, 0.717) is 5.71 Å². The molecule has 192 valence electrons. The molecule has 0 radical (unpaired) electrons. The topological polar surface area (TPSA) is 56.7 Å². The van der Waals surface area contributed by atoms with Gasteiger partial charge in [0.1, 0.15) is 11.4 Å². The van der Waals surface area contributed by atoms with Gasteiger partial charge in [0.15, 0.2) is 0 Å². The van der Waals surface area contributed by atoms with Crippen LogP contribution in [-0.4, -0.2) is 19.5 Å². The van der Waals surface area contributed by atoms with E-state index < -0.39 is 0 Å². The lowest BCUT2D eigenvalue weighted by molar-refractivity contribution is 0.654. The first-order valence-corrected chi connectivity index (χ1v) is 13.7. The third-order valence-corrected chi connectivity index (χ3v) is 7.94. The number of imidazole rings is 1. The molecule has 0 amide bonds. The molecule has 5 nitrogen and oxygen atoms in total. The first kappa shape index (κ1) is 22.9. The van der Waals surface area contributed by atoms with Gasteiger partial charge in [-0.3, -0.25) is 9.55 Å². The van der Waals surface area contributed by atoms with Gasteiger partial charge in [-0.05, 0) is 58.8 Å². The van der Waals surface area contributed by atoms with Gasteiger partial charge in [-0.15, -0.1) is 0 Å². The van der Waals surface area contributed by atoms with Gasteiger partial charge in [0, 0.05) is 33.6 Å². The molecular weight excluding hydrogens is 492 g/mol. The van der Waals surface area contributed by atoms with E-state index in [4.69, 9.17) is 14.4 Å². The van der Waals surface area contributed by atoms with Crippen molar-refractivity contribution in [3.8, 4) is 17.1 Å². The van der Waals surface area contributed by atoms with Crippen molar-refractivity contribution < 1.29 is 4.42 Å². The van der Waals surface area contributed by atoms with Gasteiger partial charge in [-0.25, -0.2) is 9.97 Å². The van der Waals surface area contributed by atoms with Crippen molar-refractivity contribution >= 4 is 54.6 Å². The first-order chi connectivity index (χ1) is 19.6. The number of hydrogen-bond donors (Lipinski definition) is 0. The average molecular weight is 519 g/mol. The summed E-state index contributed by atoms with van der Waals surface area (Å²) in [6, 6.07) is 29.7. The van der Waals surface area contributed by atoms with Crippen molar-refractivity contribution in [1.29, 1.82) is 0 Å². The second-order valence-corrected chi connectivity index (χ2v) is 10.7. The zero-order chi connectivity index (χ0) is 27.0. The van der Waals surface area contributed by atoms with E-state index in [0.717, 1.165) is 50.2 Å². The van der Waals surface area contributed by atoms with E-state index in [-0.39, 0.29) is 5.92 Å². The summed E-state index contributed by atoms with van der Waals surface area (Å²) in [5.74, 6) is 1.13. The Labute approximate surface area is 230 Å². The van der Waals surface area contributed by atoms with E-state index in [1.807, 2.05) is 31.3 Å². The number of aryl methyl sites for hydroxylation is 1. The Morgan fingerprint density at radius 1 is 0.750 bits per heavy atom. The van der Waals surface area contributed by atoms with E-state index in [9.17, 15) is 0 Å². The Balaban J connectivity index is 1.61. The predicted octanol–water partition coefficient (Wildman–Crippen LogP) is 9.12. The highest BCUT2D eigenvalue weighted by molar-refractivity contribution is 6.15. The molecule has 4 heterocycles. The summed E-state index contributed by atoms with van der Waals surface area (Å²) in [6.07, 6.45) is 3.73. The zero-order valence-electron chi connectivity index (χ0n) is 22.5. The van der Waals surface area contributed by atoms with Crippen LogP contribution in [0.5, 0.6) is 0 Å². The third-order valence-electron chi connectivity index (χ3n) is 7.94. The van der Waals surface area contributed by atoms with Crippen molar-refractivity contribution in [3.63, 3.8) is 0 Å². The smallest absolute Gasteiger partial charge is 0.227 e. The fraction of sp³-hybridized carbons (Fsp3) is 0.114. The molecule has 0 aliphatic rings. The van der Waals surface area contributed by atoms with Crippen LogP contribution < -0.4 is 0 Å². The summed E-state index contributed by atoms with van der Waals surface area (Å²) in [7, 11) is 0. The van der Waals surface area contributed by atoms with Crippen LogP contribution in [0.3, 0.4) is 0 Å². The zero-order valence-corrected chi connectivity index (χ0v) is 22.5. The molecule has 0 saturated carbocycles. The van der Waals surface area contributed by atoms with Crippen molar-refractivity contribution in [3.05, 3.63) is 109 Å². The largest absolute Gasteiger partial charge is 0.438 e. The molecular formula is C35H26N4O. The molecule has 0 aliphatic carbocycles. The minimum atomic E-state index is 0.267. The lowest BCUT2D eigenvalue weighted by Crippen LogP contribution is -2.06. The minimum absolute atomic E-state index is 0.267. The highest BCUT2D eigenvalue weighted by atomic mass is 16.3. The molecule has 0 spiro atoms. The number of fused-ring (bicyclic) bond motifs is 7. The molecule has 0 unspecified atom stereocenters. The van der Waals surface area contributed by atoms with E-state index in [1.54, 1.807) is 6.20 Å². The molecule has 0 fully saturated rings. The Morgan fingerprint density at radius 3 is 2.27 bits per heavy atom. The number of rotatable bonds is 3. The lowest BCUT2D eigenvalue weighted by atomic mass is 9.89. The Kier molecular flexibility index (Phi) is 4.86. The molecule has 0 N–H and O–H groups in total. The second-order valence-electron chi connectivity index (χ2n) is 10.7. The highest BCUT2D eigenvalue weighted by Crippen LogP contribution is 2.44. The van der Waals surface area contributed by atoms with Crippen LogP contribution in [0, 0.1) is 6.92 Å². The SMILES string of the molecule is Cc1cc2nc(-c3cccc4oc5ncccc5c34)n(-c3c(C(C)C)c4ccccc4c4ccccc34)c2cn1. The summed E-state index contributed by atoms with van der Waals surface area (Å²) < 4.78 is 8.51. The van der Waals surface area contributed by atoms with Gasteiger partial charge >= 0.3 is 0 Å². The normalized spacial score (nSPS) is 12.1. The van der Waals surface area contributed by atoms with Crippen LogP contribution in [0.15, 0.2) is 102 Å². The maximum atomic E-state index is 6.18. The third kappa shape index (κ3) is 3.18. The number of nitrogens with zero attached hydrogens (tertiary/aromatic N) is 4. The monoisotopic (exact) mass is 518 g/mol. The molecule has 0 bridgehead atoms. The molecule has 0 saturated heterocycles. The quantitative estimate of drug-likeness (QED) is 0.219. The summed E-state index contributed by atoms with van der Waals surface area (Å²) >= 11 is 0. The van der Waals surface area contributed by atoms with Gasteiger partial charge in [0.25, 0.3) is 0 Å². The molecule has 4 aromatic heterocycles. The fourth-order valence-electron chi connectivity index (χ4n) is 6.31. The van der Waals surface area contributed by atoms with E-state index in [2.05, 4.69) is 90.1 Å². The van der Waals surface area contributed by atoms with Crippen LogP contribution in [0.1, 0.15) is 31.0 Å². The minimum Gasteiger partial charge on any atom is -0.438 e. The predicted molar refractivity (Wildman–Crippen MR) is 163 cm³/mol. The maximum absolute atomic E-state index is 6.18. The second kappa shape index (κ2) is 8.48. The van der Waals surface area contributed by atoms with Gasteiger partial charge in [-0.2, -0.15) is 0 Å². The molecule has 0 atom stereocenters. The molecule has 8 aromatic rings. The first-order valence-electron chi connectivity index (χ1n) is 13.7. The maximum Gasteiger partial charge on any atom is 0.227 e. The number of furan rings is 1. The fourth-order valence-corrected chi connectivity index (χ4v) is 6.31. The Bertz CT molecular complexity index is 2270. The molecule has 40 heavy (non-hydrogen) atoms. The summed E-state index contributed by atoms with van der Waals surface area (Å²) in [5.41, 5.74) is 7.70. The Hall–Kier alpha value is -5.03.